The average molecular weight is 263 g/mol. The second-order valence-electron chi connectivity index (χ2n) is 5.59. The summed E-state index contributed by atoms with van der Waals surface area (Å²) in [5.41, 5.74) is 1.12. The lowest BCUT2D eigenvalue weighted by Crippen LogP contribution is -2.40. The van der Waals surface area contributed by atoms with Crippen LogP contribution in [-0.4, -0.2) is 28.3 Å². The molecule has 1 aliphatic rings. The molecule has 1 saturated carbocycles. The number of hydrogen-bond donors (Lipinski definition) is 3. The molecule has 0 unspecified atom stereocenters. The smallest absolute Gasteiger partial charge is 0.255 e. The van der Waals surface area contributed by atoms with Gasteiger partial charge in [-0.2, -0.15) is 0 Å². The number of nitrogens with one attached hydrogen (secondary N) is 1. The van der Waals surface area contributed by atoms with Crippen molar-refractivity contribution in [3.8, 4) is 5.75 Å². The van der Waals surface area contributed by atoms with Gasteiger partial charge in [-0.3, -0.25) is 4.79 Å². The minimum atomic E-state index is -0.774. The fraction of sp³-hybridized carbons (Fsp3) is 0.533. The Morgan fingerprint density at radius 1 is 1.32 bits per heavy atom. The summed E-state index contributed by atoms with van der Waals surface area (Å²) in [6.45, 7) is 3.90. The number of phenolic OH excluding ortho intramolecular Hbond substituents is 1. The Labute approximate surface area is 113 Å². The van der Waals surface area contributed by atoms with Gasteiger partial charge in [-0.25, -0.2) is 0 Å². The van der Waals surface area contributed by atoms with Crippen molar-refractivity contribution >= 4 is 5.91 Å². The molecule has 0 heterocycles. The molecule has 2 rings (SSSR count). The molecule has 0 saturated heterocycles. The Morgan fingerprint density at radius 2 is 1.95 bits per heavy atom. The number of carbonyl (C=O) groups is 1. The van der Waals surface area contributed by atoms with Gasteiger partial charge in [0.05, 0.1) is 11.2 Å². The molecule has 104 valence electrons. The molecule has 0 aromatic heterocycles. The highest BCUT2D eigenvalue weighted by Crippen LogP contribution is 2.29. The number of carbonyl (C=O) groups excluding carboxylic acids is 1. The van der Waals surface area contributed by atoms with Crippen LogP contribution in [0.15, 0.2) is 12.1 Å². The van der Waals surface area contributed by atoms with E-state index < -0.39 is 5.60 Å². The summed E-state index contributed by atoms with van der Waals surface area (Å²) < 4.78 is 0. The zero-order valence-corrected chi connectivity index (χ0v) is 11.5. The van der Waals surface area contributed by atoms with Crippen LogP contribution in [0.4, 0.5) is 0 Å². The van der Waals surface area contributed by atoms with Crippen molar-refractivity contribution in [1.82, 2.24) is 5.32 Å². The first-order chi connectivity index (χ1) is 8.91. The highest BCUT2D eigenvalue weighted by Gasteiger charge is 2.31. The summed E-state index contributed by atoms with van der Waals surface area (Å²) in [6, 6.07) is 3.49. The van der Waals surface area contributed by atoms with Crippen molar-refractivity contribution in [1.29, 1.82) is 0 Å². The monoisotopic (exact) mass is 263 g/mol. The maximum absolute atomic E-state index is 12.1. The SMILES string of the molecule is Cc1cc(C)c(O)c(C(=O)NCC2(O)CCCC2)c1. The summed E-state index contributed by atoms with van der Waals surface area (Å²) in [4.78, 5) is 12.1. The van der Waals surface area contributed by atoms with Gasteiger partial charge in [-0.15, -0.1) is 0 Å². The Bertz CT molecular complexity index is 490. The molecular weight excluding hydrogens is 242 g/mol. The topological polar surface area (TPSA) is 69.6 Å². The van der Waals surface area contributed by atoms with E-state index in [9.17, 15) is 15.0 Å². The summed E-state index contributed by atoms with van der Waals surface area (Å²) in [5, 5.41) is 22.8. The summed E-state index contributed by atoms with van der Waals surface area (Å²) in [6.07, 6.45) is 3.46. The van der Waals surface area contributed by atoms with Crippen molar-refractivity contribution in [2.24, 2.45) is 0 Å². The van der Waals surface area contributed by atoms with Crippen molar-refractivity contribution in [2.45, 2.75) is 45.1 Å². The Balaban J connectivity index is 2.08. The zero-order chi connectivity index (χ0) is 14.0. The van der Waals surface area contributed by atoms with Crippen molar-refractivity contribution in [2.75, 3.05) is 6.54 Å². The number of benzene rings is 1. The van der Waals surface area contributed by atoms with Crippen LogP contribution < -0.4 is 5.32 Å². The van der Waals surface area contributed by atoms with Crippen LogP contribution in [0.1, 0.15) is 47.2 Å². The van der Waals surface area contributed by atoms with Crippen LogP contribution in [0, 0.1) is 13.8 Å². The molecule has 4 nitrogen and oxygen atoms in total. The Morgan fingerprint density at radius 3 is 2.58 bits per heavy atom. The fourth-order valence-corrected chi connectivity index (χ4v) is 2.68. The molecule has 0 bridgehead atoms. The number of aryl methyl sites for hydroxylation is 2. The average Bonchev–Trinajstić information content (AvgIpc) is 2.78. The van der Waals surface area contributed by atoms with Crippen LogP contribution >= 0.6 is 0 Å². The van der Waals surface area contributed by atoms with Gasteiger partial charge in [-0.1, -0.05) is 18.9 Å². The van der Waals surface area contributed by atoms with Gasteiger partial charge in [-0.05, 0) is 43.9 Å². The highest BCUT2D eigenvalue weighted by molar-refractivity contribution is 5.97. The Hall–Kier alpha value is -1.55. The van der Waals surface area contributed by atoms with Crippen LogP contribution in [0.2, 0.25) is 0 Å². The first-order valence-electron chi connectivity index (χ1n) is 6.72. The fourth-order valence-electron chi connectivity index (χ4n) is 2.68. The van der Waals surface area contributed by atoms with Crippen molar-refractivity contribution in [3.63, 3.8) is 0 Å². The molecule has 4 heteroatoms. The quantitative estimate of drug-likeness (QED) is 0.781. The second-order valence-corrected chi connectivity index (χ2v) is 5.59. The third-order valence-corrected chi connectivity index (χ3v) is 3.80. The molecule has 0 aliphatic heterocycles. The lowest BCUT2D eigenvalue weighted by atomic mass is 10.0. The third-order valence-electron chi connectivity index (χ3n) is 3.80. The summed E-state index contributed by atoms with van der Waals surface area (Å²) in [5.74, 6) is -0.314. The number of hydrogen-bond acceptors (Lipinski definition) is 3. The molecular formula is C15H21NO3. The van der Waals surface area contributed by atoms with E-state index in [1.165, 1.54) is 0 Å². The van der Waals surface area contributed by atoms with E-state index in [4.69, 9.17) is 0 Å². The van der Waals surface area contributed by atoms with E-state index in [2.05, 4.69) is 5.32 Å². The van der Waals surface area contributed by atoms with E-state index in [1.54, 1.807) is 13.0 Å². The molecule has 1 aliphatic carbocycles. The van der Waals surface area contributed by atoms with E-state index >= 15 is 0 Å². The van der Waals surface area contributed by atoms with Gasteiger partial charge < -0.3 is 15.5 Å². The zero-order valence-electron chi connectivity index (χ0n) is 11.5. The standard InChI is InChI=1S/C15H21NO3/c1-10-7-11(2)13(17)12(8-10)14(18)16-9-15(19)5-3-4-6-15/h7-8,17,19H,3-6,9H2,1-2H3,(H,16,18). The molecule has 0 atom stereocenters. The van der Waals surface area contributed by atoms with Crippen molar-refractivity contribution < 1.29 is 15.0 Å². The second kappa shape index (κ2) is 5.21. The molecule has 19 heavy (non-hydrogen) atoms. The maximum Gasteiger partial charge on any atom is 0.255 e. The third kappa shape index (κ3) is 3.07. The largest absolute Gasteiger partial charge is 0.507 e. The normalized spacial score (nSPS) is 17.4. The van der Waals surface area contributed by atoms with Crippen LogP contribution in [0.5, 0.6) is 5.75 Å². The van der Waals surface area contributed by atoms with E-state index in [0.29, 0.717) is 5.56 Å². The van der Waals surface area contributed by atoms with Gasteiger partial charge in [0.1, 0.15) is 5.75 Å². The number of aliphatic hydroxyl groups is 1. The first kappa shape index (κ1) is 13.9. The highest BCUT2D eigenvalue weighted by atomic mass is 16.3. The summed E-state index contributed by atoms with van der Waals surface area (Å²) in [7, 11) is 0. The lowest BCUT2D eigenvalue weighted by molar-refractivity contribution is 0.0449. The molecule has 1 amide bonds. The molecule has 1 fully saturated rings. The summed E-state index contributed by atoms with van der Waals surface area (Å²) >= 11 is 0. The van der Waals surface area contributed by atoms with Crippen molar-refractivity contribution in [3.05, 3.63) is 28.8 Å². The van der Waals surface area contributed by atoms with Gasteiger partial charge in [0, 0.05) is 6.54 Å². The molecule has 3 N–H and O–H groups in total. The number of phenols is 1. The lowest BCUT2D eigenvalue weighted by Gasteiger charge is -2.22. The van der Waals surface area contributed by atoms with Crippen LogP contribution in [0.25, 0.3) is 0 Å². The van der Waals surface area contributed by atoms with Gasteiger partial charge >= 0.3 is 0 Å². The number of rotatable bonds is 3. The minimum absolute atomic E-state index is 0.0153. The number of aromatic hydroxyl groups is 1. The molecule has 1 aromatic carbocycles. The molecule has 0 radical (unpaired) electrons. The Kier molecular flexibility index (Phi) is 3.80. The van der Waals surface area contributed by atoms with Gasteiger partial charge in [0.25, 0.3) is 5.91 Å². The van der Waals surface area contributed by atoms with E-state index in [0.717, 1.165) is 31.2 Å². The van der Waals surface area contributed by atoms with E-state index in [-0.39, 0.29) is 23.8 Å². The van der Waals surface area contributed by atoms with Gasteiger partial charge in [0.2, 0.25) is 0 Å². The minimum Gasteiger partial charge on any atom is -0.507 e. The molecule has 1 aromatic rings. The van der Waals surface area contributed by atoms with Crippen LogP contribution in [0.3, 0.4) is 0 Å². The van der Waals surface area contributed by atoms with Gasteiger partial charge in [0.15, 0.2) is 0 Å². The maximum atomic E-state index is 12.1. The molecule has 0 spiro atoms. The number of amides is 1. The predicted molar refractivity (Wildman–Crippen MR) is 73.3 cm³/mol. The predicted octanol–water partition coefficient (Wildman–Crippen LogP) is 2.04. The van der Waals surface area contributed by atoms with E-state index in [1.807, 2.05) is 13.0 Å². The first-order valence-corrected chi connectivity index (χ1v) is 6.72. The van der Waals surface area contributed by atoms with Crippen LogP contribution in [-0.2, 0) is 0 Å².